The van der Waals surface area contributed by atoms with Crippen LogP contribution in [-0.2, 0) is 0 Å². The van der Waals surface area contributed by atoms with E-state index in [0.29, 0.717) is 17.5 Å². The van der Waals surface area contributed by atoms with Crippen molar-refractivity contribution in [1.82, 2.24) is 5.32 Å². The number of rotatable bonds is 5. The summed E-state index contributed by atoms with van der Waals surface area (Å²) in [7, 11) is 0. The second-order valence-corrected chi connectivity index (χ2v) is 6.12. The topological polar surface area (TPSA) is 58.4 Å². The second-order valence-electron chi connectivity index (χ2n) is 6.12. The van der Waals surface area contributed by atoms with Crippen molar-refractivity contribution in [3.8, 4) is 0 Å². The van der Waals surface area contributed by atoms with Gasteiger partial charge in [0.15, 0.2) is 0 Å². The third-order valence-corrected chi connectivity index (χ3v) is 4.37. The molecule has 5 heteroatoms. The molecule has 21 heavy (non-hydrogen) atoms. The molecular formula is C16H22FN3O. The molecule has 2 aliphatic rings. The Hall–Kier alpha value is -1.62. The van der Waals surface area contributed by atoms with Crippen LogP contribution in [0.1, 0.15) is 36.0 Å². The van der Waals surface area contributed by atoms with Crippen LogP contribution in [0.5, 0.6) is 0 Å². The van der Waals surface area contributed by atoms with Gasteiger partial charge in [-0.25, -0.2) is 4.39 Å². The molecule has 1 aliphatic heterocycles. The summed E-state index contributed by atoms with van der Waals surface area (Å²) in [6.07, 6.45) is 4.66. The molecule has 1 saturated carbocycles. The third-order valence-electron chi connectivity index (χ3n) is 4.37. The first-order valence-corrected chi connectivity index (χ1v) is 7.72. The third kappa shape index (κ3) is 3.35. The summed E-state index contributed by atoms with van der Waals surface area (Å²) in [6, 6.07) is 4.84. The number of primary amides is 1. The van der Waals surface area contributed by atoms with Crippen molar-refractivity contribution in [3.05, 3.63) is 29.6 Å². The molecule has 0 spiro atoms. The molecule has 3 N–H and O–H groups in total. The number of amides is 1. The Morgan fingerprint density at radius 1 is 1.38 bits per heavy atom. The van der Waals surface area contributed by atoms with Crippen LogP contribution in [0.25, 0.3) is 0 Å². The molecule has 0 radical (unpaired) electrons. The molecule has 1 amide bonds. The van der Waals surface area contributed by atoms with Crippen LogP contribution in [0, 0.1) is 11.7 Å². The molecule has 114 valence electrons. The highest BCUT2D eigenvalue weighted by molar-refractivity contribution is 5.98. The lowest BCUT2D eigenvalue weighted by Crippen LogP contribution is -2.40. The number of nitrogens with zero attached hydrogens (tertiary/aromatic N) is 1. The molecular weight excluding hydrogens is 269 g/mol. The predicted octanol–water partition coefficient (Wildman–Crippen LogP) is 1.89. The van der Waals surface area contributed by atoms with E-state index >= 15 is 0 Å². The Kier molecular flexibility index (Phi) is 4.10. The van der Waals surface area contributed by atoms with E-state index in [1.54, 1.807) is 6.07 Å². The van der Waals surface area contributed by atoms with E-state index in [1.165, 1.54) is 25.0 Å². The van der Waals surface area contributed by atoms with Gasteiger partial charge in [0.05, 0.1) is 5.56 Å². The predicted molar refractivity (Wildman–Crippen MR) is 80.9 cm³/mol. The minimum atomic E-state index is -0.558. The van der Waals surface area contributed by atoms with Gasteiger partial charge in [-0.15, -0.1) is 0 Å². The van der Waals surface area contributed by atoms with Gasteiger partial charge in [0, 0.05) is 18.3 Å². The van der Waals surface area contributed by atoms with Crippen LogP contribution in [0.3, 0.4) is 0 Å². The number of hydrogen-bond acceptors (Lipinski definition) is 3. The first-order chi connectivity index (χ1) is 10.1. The first-order valence-electron chi connectivity index (χ1n) is 7.72. The van der Waals surface area contributed by atoms with Gasteiger partial charge in [-0.1, -0.05) is 0 Å². The summed E-state index contributed by atoms with van der Waals surface area (Å²) in [4.78, 5) is 13.9. The molecule has 2 fully saturated rings. The van der Waals surface area contributed by atoms with Gasteiger partial charge < -0.3 is 16.0 Å². The highest BCUT2D eigenvalue weighted by Crippen LogP contribution is 2.35. The molecule has 3 rings (SSSR count). The SMILES string of the molecule is NC(=O)c1cc(F)ccc1N(CC1CCCNC1)C1CC1. The Balaban J connectivity index is 1.85. The van der Waals surface area contributed by atoms with E-state index in [9.17, 15) is 9.18 Å². The van der Waals surface area contributed by atoms with Crippen LogP contribution in [-0.4, -0.2) is 31.6 Å². The molecule has 1 aliphatic carbocycles. The van der Waals surface area contributed by atoms with Gasteiger partial charge in [0.25, 0.3) is 5.91 Å². The van der Waals surface area contributed by atoms with Gasteiger partial charge in [0.1, 0.15) is 5.82 Å². The lowest BCUT2D eigenvalue weighted by Gasteiger charge is -2.32. The smallest absolute Gasteiger partial charge is 0.250 e. The van der Waals surface area contributed by atoms with Gasteiger partial charge in [-0.3, -0.25) is 4.79 Å². The van der Waals surface area contributed by atoms with E-state index in [4.69, 9.17) is 5.73 Å². The minimum absolute atomic E-state index is 0.297. The fourth-order valence-electron chi connectivity index (χ4n) is 3.14. The normalized spacial score (nSPS) is 22.0. The summed E-state index contributed by atoms with van der Waals surface area (Å²) in [5, 5.41) is 3.42. The molecule has 1 unspecified atom stereocenters. The Bertz CT molecular complexity index is 524. The summed E-state index contributed by atoms with van der Waals surface area (Å²) in [6.45, 7) is 3.00. The van der Waals surface area contributed by atoms with Crippen molar-refractivity contribution in [1.29, 1.82) is 0 Å². The lowest BCUT2D eigenvalue weighted by molar-refractivity contribution is 0.1000. The second kappa shape index (κ2) is 6.02. The van der Waals surface area contributed by atoms with Gasteiger partial charge in [-0.2, -0.15) is 0 Å². The Morgan fingerprint density at radius 3 is 2.81 bits per heavy atom. The molecule has 1 heterocycles. The van der Waals surface area contributed by atoms with Gasteiger partial charge >= 0.3 is 0 Å². The summed E-state index contributed by atoms with van der Waals surface area (Å²) < 4.78 is 13.4. The largest absolute Gasteiger partial charge is 0.368 e. The average Bonchev–Trinajstić information content (AvgIpc) is 3.31. The highest BCUT2D eigenvalue weighted by atomic mass is 19.1. The monoisotopic (exact) mass is 291 g/mol. The highest BCUT2D eigenvalue weighted by Gasteiger charge is 2.33. The molecule has 4 nitrogen and oxygen atoms in total. The summed E-state index contributed by atoms with van der Waals surface area (Å²) in [5.41, 5.74) is 6.52. The maximum absolute atomic E-state index is 13.4. The quantitative estimate of drug-likeness (QED) is 0.871. The maximum atomic E-state index is 13.4. The number of anilines is 1. The van der Waals surface area contributed by atoms with E-state index < -0.39 is 11.7 Å². The van der Waals surface area contributed by atoms with Gasteiger partial charge in [0.2, 0.25) is 0 Å². The van der Waals surface area contributed by atoms with E-state index in [1.807, 2.05) is 0 Å². The first kappa shape index (κ1) is 14.3. The fraction of sp³-hybridized carbons (Fsp3) is 0.562. The van der Waals surface area contributed by atoms with Crippen molar-refractivity contribution in [2.24, 2.45) is 11.7 Å². The number of nitrogens with two attached hydrogens (primary N) is 1. The van der Waals surface area contributed by atoms with Crippen molar-refractivity contribution in [2.45, 2.75) is 31.7 Å². The van der Waals surface area contributed by atoms with Gasteiger partial charge in [-0.05, 0) is 62.9 Å². The number of nitrogens with one attached hydrogen (secondary N) is 1. The molecule has 1 aromatic rings. The fourth-order valence-corrected chi connectivity index (χ4v) is 3.14. The van der Waals surface area contributed by atoms with Crippen molar-refractivity contribution in [2.75, 3.05) is 24.5 Å². The number of carbonyl (C=O) groups is 1. The van der Waals surface area contributed by atoms with Crippen LogP contribution in [0.2, 0.25) is 0 Å². The zero-order chi connectivity index (χ0) is 14.8. The zero-order valence-corrected chi connectivity index (χ0v) is 12.1. The molecule has 0 aromatic heterocycles. The summed E-state index contributed by atoms with van der Waals surface area (Å²) >= 11 is 0. The van der Waals surface area contributed by atoms with Crippen LogP contribution < -0.4 is 16.0 Å². The van der Waals surface area contributed by atoms with Crippen molar-refractivity contribution in [3.63, 3.8) is 0 Å². The van der Waals surface area contributed by atoms with Crippen molar-refractivity contribution < 1.29 is 9.18 Å². The summed E-state index contributed by atoms with van der Waals surface area (Å²) in [5.74, 6) is -0.398. The molecule has 0 bridgehead atoms. The molecule has 1 saturated heterocycles. The number of halogens is 1. The molecule has 1 atom stereocenters. The zero-order valence-electron chi connectivity index (χ0n) is 12.1. The van der Waals surface area contributed by atoms with Crippen LogP contribution >= 0.6 is 0 Å². The number of piperidine rings is 1. The van der Waals surface area contributed by atoms with E-state index in [0.717, 1.165) is 38.2 Å². The van der Waals surface area contributed by atoms with Crippen LogP contribution in [0.4, 0.5) is 10.1 Å². The van der Waals surface area contributed by atoms with E-state index in [2.05, 4.69) is 10.2 Å². The molecule has 1 aromatic carbocycles. The van der Waals surface area contributed by atoms with E-state index in [-0.39, 0.29) is 0 Å². The lowest BCUT2D eigenvalue weighted by atomic mass is 9.98. The minimum Gasteiger partial charge on any atom is -0.368 e. The Morgan fingerprint density at radius 2 is 2.19 bits per heavy atom. The standard InChI is InChI=1S/C16H22FN3O/c17-12-3-6-15(14(8-12)16(18)21)20(13-4-5-13)10-11-2-1-7-19-9-11/h3,6,8,11,13,19H,1-2,4-5,7,9-10H2,(H2,18,21). The van der Waals surface area contributed by atoms with Crippen LogP contribution in [0.15, 0.2) is 18.2 Å². The number of hydrogen-bond donors (Lipinski definition) is 2. The maximum Gasteiger partial charge on any atom is 0.250 e. The van der Waals surface area contributed by atoms with Crippen molar-refractivity contribution >= 4 is 11.6 Å². The number of carbonyl (C=O) groups excluding carboxylic acids is 1. The average molecular weight is 291 g/mol. The number of benzene rings is 1. The Labute approximate surface area is 124 Å².